The molecule has 0 atom stereocenters. The Kier molecular flexibility index (Phi) is 4.20. The van der Waals surface area contributed by atoms with Crippen molar-refractivity contribution in [1.82, 2.24) is 5.32 Å². The summed E-state index contributed by atoms with van der Waals surface area (Å²) in [6, 6.07) is 7.65. The van der Waals surface area contributed by atoms with Crippen molar-refractivity contribution in [2.75, 3.05) is 17.3 Å². The van der Waals surface area contributed by atoms with Gasteiger partial charge >= 0.3 is 0 Å². The number of anilines is 1. The topological polar surface area (TPSA) is 49.4 Å². The number of rotatable bonds is 4. The minimum atomic E-state index is -0.195. The van der Waals surface area contributed by atoms with Gasteiger partial charge in [-0.25, -0.2) is 0 Å². The second-order valence-electron chi connectivity index (χ2n) is 4.23. The highest BCUT2D eigenvalue weighted by molar-refractivity contribution is 6.27. The SMILES string of the molecule is O=C(CCl)NCc1cccc(N2CCCC2=O)c1. The Bertz CT molecular complexity index is 462. The molecule has 0 saturated carbocycles. The third-order valence-corrected chi connectivity index (χ3v) is 3.15. The second kappa shape index (κ2) is 5.87. The standard InChI is InChI=1S/C13H15ClN2O2/c14-8-12(17)15-9-10-3-1-4-11(7-10)16-6-2-5-13(16)18/h1,3-4,7H,2,5-6,8-9H2,(H,15,17). The van der Waals surface area contributed by atoms with E-state index >= 15 is 0 Å². The molecule has 96 valence electrons. The van der Waals surface area contributed by atoms with Crippen LogP contribution in [0.3, 0.4) is 0 Å². The fraction of sp³-hybridized carbons (Fsp3) is 0.385. The van der Waals surface area contributed by atoms with Gasteiger partial charge < -0.3 is 10.2 Å². The van der Waals surface area contributed by atoms with Crippen LogP contribution in [0.25, 0.3) is 0 Å². The van der Waals surface area contributed by atoms with Crippen molar-refractivity contribution in [1.29, 1.82) is 0 Å². The van der Waals surface area contributed by atoms with Crippen LogP contribution in [-0.4, -0.2) is 24.2 Å². The summed E-state index contributed by atoms with van der Waals surface area (Å²) in [7, 11) is 0. The summed E-state index contributed by atoms with van der Waals surface area (Å²) < 4.78 is 0. The summed E-state index contributed by atoms with van der Waals surface area (Å²) in [4.78, 5) is 24.5. The lowest BCUT2D eigenvalue weighted by Crippen LogP contribution is -2.25. The number of benzene rings is 1. The lowest BCUT2D eigenvalue weighted by molar-refractivity contribution is -0.119. The predicted octanol–water partition coefficient (Wildman–Crippen LogP) is 1.67. The van der Waals surface area contributed by atoms with Gasteiger partial charge in [-0.3, -0.25) is 9.59 Å². The number of carbonyl (C=O) groups is 2. The van der Waals surface area contributed by atoms with Gasteiger partial charge in [-0.1, -0.05) is 12.1 Å². The van der Waals surface area contributed by atoms with Gasteiger partial charge in [0.2, 0.25) is 11.8 Å². The summed E-state index contributed by atoms with van der Waals surface area (Å²) in [6.07, 6.45) is 1.53. The van der Waals surface area contributed by atoms with E-state index in [4.69, 9.17) is 11.6 Å². The van der Waals surface area contributed by atoms with E-state index in [2.05, 4.69) is 5.32 Å². The highest BCUT2D eigenvalue weighted by atomic mass is 35.5. The first-order valence-corrected chi connectivity index (χ1v) is 6.46. The molecular weight excluding hydrogens is 252 g/mol. The van der Waals surface area contributed by atoms with E-state index in [1.54, 1.807) is 4.90 Å². The van der Waals surface area contributed by atoms with Crippen LogP contribution in [-0.2, 0) is 16.1 Å². The van der Waals surface area contributed by atoms with Gasteiger partial charge in [-0.05, 0) is 24.1 Å². The highest BCUT2D eigenvalue weighted by Gasteiger charge is 2.21. The van der Waals surface area contributed by atoms with Crippen molar-refractivity contribution in [2.24, 2.45) is 0 Å². The van der Waals surface area contributed by atoms with E-state index in [1.807, 2.05) is 24.3 Å². The Balaban J connectivity index is 2.05. The maximum atomic E-state index is 11.6. The number of hydrogen-bond acceptors (Lipinski definition) is 2. The lowest BCUT2D eigenvalue weighted by Gasteiger charge is -2.16. The maximum absolute atomic E-state index is 11.6. The van der Waals surface area contributed by atoms with E-state index in [-0.39, 0.29) is 17.7 Å². The smallest absolute Gasteiger partial charge is 0.235 e. The Morgan fingerprint density at radius 3 is 2.94 bits per heavy atom. The Labute approximate surface area is 111 Å². The number of nitrogens with zero attached hydrogens (tertiary/aromatic N) is 1. The number of halogens is 1. The summed E-state index contributed by atoms with van der Waals surface area (Å²) in [5.74, 6) is -0.0686. The zero-order valence-electron chi connectivity index (χ0n) is 9.99. The zero-order valence-corrected chi connectivity index (χ0v) is 10.7. The number of amides is 2. The van der Waals surface area contributed by atoms with E-state index in [9.17, 15) is 9.59 Å². The zero-order chi connectivity index (χ0) is 13.0. The minimum Gasteiger partial charge on any atom is -0.351 e. The lowest BCUT2D eigenvalue weighted by atomic mass is 10.2. The number of hydrogen-bond donors (Lipinski definition) is 1. The molecule has 1 aromatic carbocycles. The van der Waals surface area contributed by atoms with E-state index in [0.29, 0.717) is 13.0 Å². The van der Waals surface area contributed by atoms with E-state index in [0.717, 1.165) is 24.2 Å². The van der Waals surface area contributed by atoms with Crippen LogP contribution in [0, 0.1) is 0 Å². The van der Waals surface area contributed by atoms with E-state index in [1.165, 1.54) is 0 Å². The number of alkyl halides is 1. The van der Waals surface area contributed by atoms with Crippen LogP contribution in [0.4, 0.5) is 5.69 Å². The molecule has 0 spiro atoms. The average Bonchev–Trinajstić information content (AvgIpc) is 2.82. The van der Waals surface area contributed by atoms with Gasteiger partial charge in [-0.2, -0.15) is 0 Å². The average molecular weight is 267 g/mol. The van der Waals surface area contributed by atoms with Crippen molar-refractivity contribution in [3.8, 4) is 0 Å². The van der Waals surface area contributed by atoms with Gasteiger partial charge in [0, 0.05) is 25.2 Å². The molecule has 2 amide bonds. The van der Waals surface area contributed by atoms with Crippen LogP contribution in [0.2, 0.25) is 0 Å². The van der Waals surface area contributed by atoms with Crippen molar-refractivity contribution in [2.45, 2.75) is 19.4 Å². The predicted molar refractivity (Wildman–Crippen MR) is 70.6 cm³/mol. The molecule has 2 rings (SSSR count). The molecule has 1 aliphatic rings. The van der Waals surface area contributed by atoms with Crippen LogP contribution < -0.4 is 10.2 Å². The van der Waals surface area contributed by atoms with Crippen LogP contribution in [0.5, 0.6) is 0 Å². The molecule has 1 aromatic rings. The molecule has 0 radical (unpaired) electrons. The fourth-order valence-electron chi connectivity index (χ4n) is 2.00. The van der Waals surface area contributed by atoms with Crippen molar-refractivity contribution in [3.63, 3.8) is 0 Å². The molecule has 0 aromatic heterocycles. The molecular formula is C13H15ClN2O2. The van der Waals surface area contributed by atoms with Gasteiger partial charge in [-0.15, -0.1) is 11.6 Å². The first kappa shape index (κ1) is 12.9. The van der Waals surface area contributed by atoms with E-state index < -0.39 is 0 Å². The monoisotopic (exact) mass is 266 g/mol. The Hall–Kier alpha value is -1.55. The highest BCUT2D eigenvalue weighted by Crippen LogP contribution is 2.22. The Morgan fingerprint density at radius 2 is 2.28 bits per heavy atom. The second-order valence-corrected chi connectivity index (χ2v) is 4.50. The first-order chi connectivity index (χ1) is 8.70. The minimum absolute atomic E-state index is 0.0374. The normalized spacial score (nSPS) is 14.9. The van der Waals surface area contributed by atoms with Crippen LogP contribution >= 0.6 is 11.6 Å². The van der Waals surface area contributed by atoms with Crippen LogP contribution in [0.15, 0.2) is 24.3 Å². The molecule has 1 fully saturated rings. The summed E-state index contributed by atoms with van der Waals surface area (Å²) in [5.41, 5.74) is 1.86. The molecule has 0 bridgehead atoms. The van der Waals surface area contributed by atoms with Crippen molar-refractivity contribution >= 4 is 29.1 Å². The van der Waals surface area contributed by atoms with Crippen LogP contribution in [0.1, 0.15) is 18.4 Å². The molecule has 1 aliphatic heterocycles. The molecule has 4 nitrogen and oxygen atoms in total. The quantitative estimate of drug-likeness (QED) is 0.843. The molecule has 0 unspecified atom stereocenters. The number of carbonyl (C=O) groups excluding carboxylic acids is 2. The molecule has 1 heterocycles. The third kappa shape index (κ3) is 3.01. The summed E-state index contributed by atoms with van der Waals surface area (Å²) in [6.45, 7) is 1.21. The van der Waals surface area contributed by atoms with Gasteiger partial charge in [0.25, 0.3) is 0 Å². The van der Waals surface area contributed by atoms with Crippen molar-refractivity contribution < 1.29 is 9.59 Å². The molecule has 1 saturated heterocycles. The summed E-state index contributed by atoms with van der Waals surface area (Å²) in [5, 5.41) is 2.70. The Morgan fingerprint density at radius 1 is 1.44 bits per heavy atom. The van der Waals surface area contributed by atoms with Gasteiger partial charge in [0.05, 0.1) is 0 Å². The van der Waals surface area contributed by atoms with Crippen molar-refractivity contribution in [3.05, 3.63) is 29.8 Å². The number of nitrogens with one attached hydrogen (secondary N) is 1. The maximum Gasteiger partial charge on any atom is 0.235 e. The van der Waals surface area contributed by atoms with Gasteiger partial charge in [0.1, 0.15) is 5.88 Å². The molecule has 0 aliphatic carbocycles. The largest absolute Gasteiger partial charge is 0.351 e. The third-order valence-electron chi connectivity index (χ3n) is 2.91. The first-order valence-electron chi connectivity index (χ1n) is 5.92. The fourth-order valence-corrected chi connectivity index (χ4v) is 2.10. The molecule has 18 heavy (non-hydrogen) atoms. The molecule has 1 N–H and O–H groups in total. The summed E-state index contributed by atoms with van der Waals surface area (Å²) >= 11 is 5.41. The van der Waals surface area contributed by atoms with Gasteiger partial charge in [0.15, 0.2) is 0 Å². The molecule has 5 heteroatoms.